The molecule has 0 aliphatic heterocycles. The second-order valence-corrected chi connectivity index (χ2v) is 7.24. The summed E-state index contributed by atoms with van der Waals surface area (Å²) in [7, 11) is 2.97. The quantitative estimate of drug-likeness (QED) is 0.458. The fraction of sp³-hybridized carbons (Fsp3) is 0.190. The van der Waals surface area contributed by atoms with Crippen LogP contribution in [0, 0.1) is 5.82 Å². The summed E-state index contributed by atoms with van der Waals surface area (Å²) in [6.45, 7) is 0.628. The molecule has 2 heterocycles. The zero-order chi connectivity index (χ0) is 21.4. The minimum atomic E-state index is -0.462. The zero-order valence-electron chi connectivity index (χ0n) is 16.3. The number of hydrogen-bond donors (Lipinski definition) is 0. The number of aromatic nitrogens is 4. The maximum absolute atomic E-state index is 13.0. The summed E-state index contributed by atoms with van der Waals surface area (Å²) in [6.07, 6.45) is 0. The summed E-state index contributed by atoms with van der Waals surface area (Å²) in [5, 5.41) is 0.125. The summed E-state index contributed by atoms with van der Waals surface area (Å²) in [6, 6.07) is 13.4. The topological polar surface area (TPSA) is 71.0 Å². The molecule has 0 amide bonds. The number of ether oxygens (including phenoxy) is 1. The van der Waals surface area contributed by atoms with Gasteiger partial charge in [-0.15, -0.1) is 0 Å². The van der Waals surface area contributed by atoms with E-state index in [1.54, 1.807) is 35.9 Å². The number of benzene rings is 2. The van der Waals surface area contributed by atoms with Crippen LogP contribution < -0.4 is 16.0 Å². The molecule has 2 aromatic carbocycles. The molecule has 2 aromatic heterocycles. The molecule has 7 nitrogen and oxygen atoms in total. The Balaban J connectivity index is 1.57. The first kappa shape index (κ1) is 19.9. The Labute approximate surface area is 175 Å². The lowest BCUT2D eigenvalue weighted by molar-refractivity contribution is 0.306. The number of nitrogens with zero attached hydrogens (tertiary/aromatic N) is 4. The van der Waals surface area contributed by atoms with Crippen LogP contribution in [0.25, 0.3) is 11.2 Å². The Morgan fingerprint density at radius 1 is 0.967 bits per heavy atom. The second kappa shape index (κ2) is 7.79. The molecule has 0 N–H and O–H groups in total. The average molecular weight is 429 g/mol. The van der Waals surface area contributed by atoms with Gasteiger partial charge in [-0.05, 0) is 47.0 Å². The molecule has 0 unspecified atom stereocenters. The van der Waals surface area contributed by atoms with E-state index in [1.165, 1.54) is 23.7 Å². The molecule has 9 heteroatoms. The Kier molecular flexibility index (Phi) is 5.17. The van der Waals surface area contributed by atoms with Crippen molar-refractivity contribution in [3.63, 3.8) is 0 Å². The van der Waals surface area contributed by atoms with Crippen LogP contribution in [-0.4, -0.2) is 18.7 Å². The van der Waals surface area contributed by atoms with Crippen molar-refractivity contribution in [2.24, 2.45) is 14.1 Å². The van der Waals surface area contributed by atoms with E-state index in [4.69, 9.17) is 16.3 Å². The first-order valence-electron chi connectivity index (χ1n) is 9.13. The minimum absolute atomic E-state index is 0.125. The average Bonchev–Trinajstić information content (AvgIpc) is 3.07. The summed E-state index contributed by atoms with van der Waals surface area (Å²) in [5.41, 5.74) is 1.33. The molecular formula is C21H18ClFN4O3. The highest BCUT2D eigenvalue weighted by Crippen LogP contribution is 2.20. The van der Waals surface area contributed by atoms with Crippen LogP contribution in [-0.2, 0) is 27.2 Å². The van der Waals surface area contributed by atoms with E-state index >= 15 is 0 Å². The molecule has 0 bridgehead atoms. The predicted molar refractivity (Wildman–Crippen MR) is 112 cm³/mol. The van der Waals surface area contributed by atoms with Crippen molar-refractivity contribution in [3.05, 3.63) is 91.6 Å². The van der Waals surface area contributed by atoms with Crippen LogP contribution in [0.1, 0.15) is 11.1 Å². The molecule has 0 aliphatic carbocycles. The third-order valence-corrected chi connectivity index (χ3v) is 5.17. The standard InChI is InChI=1S/C21H18ClFN4O3/c1-25-18-17(19(28)26(2)21(25)29)27(20(22)24-18)11-13-5-9-16(10-6-13)30-12-14-3-7-15(23)8-4-14/h3-10H,11-12H2,1-2H3. The van der Waals surface area contributed by atoms with E-state index < -0.39 is 11.2 Å². The van der Waals surface area contributed by atoms with Gasteiger partial charge in [0.1, 0.15) is 18.2 Å². The molecule has 0 atom stereocenters. The maximum Gasteiger partial charge on any atom is 0.332 e. The van der Waals surface area contributed by atoms with Crippen molar-refractivity contribution in [1.82, 2.24) is 18.7 Å². The van der Waals surface area contributed by atoms with Gasteiger partial charge in [0.25, 0.3) is 5.56 Å². The Hall–Kier alpha value is -3.39. The number of fused-ring (bicyclic) bond motifs is 1. The Morgan fingerprint density at radius 3 is 2.27 bits per heavy atom. The van der Waals surface area contributed by atoms with Crippen molar-refractivity contribution in [2.75, 3.05) is 0 Å². The van der Waals surface area contributed by atoms with Gasteiger partial charge in [0, 0.05) is 14.1 Å². The summed E-state index contributed by atoms with van der Waals surface area (Å²) < 4.78 is 22.6. The minimum Gasteiger partial charge on any atom is -0.489 e. The van der Waals surface area contributed by atoms with Gasteiger partial charge in [-0.2, -0.15) is 4.98 Å². The zero-order valence-corrected chi connectivity index (χ0v) is 17.1. The normalized spacial score (nSPS) is 11.2. The van der Waals surface area contributed by atoms with E-state index in [0.29, 0.717) is 18.9 Å². The molecule has 0 spiro atoms. The lowest BCUT2D eigenvalue weighted by atomic mass is 10.2. The van der Waals surface area contributed by atoms with Crippen LogP contribution in [0.4, 0.5) is 4.39 Å². The lowest BCUT2D eigenvalue weighted by Gasteiger charge is -2.09. The SMILES string of the molecule is Cn1c(=O)c2c(nc(Cl)n2Cc2ccc(OCc3ccc(F)cc3)cc2)n(C)c1=O. The van der Waals surface area contributed by atoms with Gasteiger partial charge in [0.2, 0.25) is 5.28 Å². The Morgan fingerprint density at radius 2 is 1.60 bits per heavy atom. The maximum atomic E-state index is 13.0. The van der Waals surface area contributed by atoms with Gasteiger partial charge in [-0.25, -0.2) is 9.18 Å². The van der Waals surface area contributed by atoms with Crippen molar-refractivity contribution in [2.45, 2.75) is 13.2 Å². The molecule has 0 aliphatic rings. The molecule has 4 rings (SSSR count). The van der Waals surface area contributed by atoms with E-state index in [1.807, 2.05) is 12.1 Å². The lowest BCUT2D eigenvalue weighted by Crippen LogP contribution is -2.37. The van der Waals surface area contributed by atoms with Crippen molar-refractivity contribution < 1.29 is 9.13 Å². The first-order valence-corrected chi connectivity index (χ1v) is 9.51. The molecular weight excluding hydrogens is 411 g/mol. The molecule has 30 heavy (non-hydrogen) atoms. The first-order chi connectivity index (χ1) is 14.3. The van der Waals surface area contributed by atoms with Gasteiger partial charge in [0.15, 0.2) is 11.2 Å². The Bertz CT molecular complexity index is 1340. The van der Waals surface area contributed by atoms with E-state index in [2.05, 4.69) is 4.98 Å². The number of rotatable bonds is 5. The van der Waals surface area contributed by atoms with Crippen molar-refractivity contribution >= 4 is 22.8 Å². The fourth-order valence-electron chi connectivity index (χ4n) is 3.19. The van der Waals surface area contributed by atoms with E-state index in [9.17, 15) is 14.0 Å². The molecule has 0 saturated heterocycles. The summed E-state index contributed by atoms with van der Waals surface area (Å²) >= 11 is 6.26. The van der Waals surface area contributed by atoms with Crippen molar-refractivity contribution in [1.29, 1.82) is 0 Å². The molecule has 154 valence electrons. The number of hydrogen-bond acceptors (Lipinski definition) is 4. The third kappa shape index (κ3) is 3.61. The second-order valence-electron chi connectivity index (χ2n) is 6.90. The molecule has 0 radical (unpaired) electrons. The highest BCUT2D eigenvalue weighted by Gasteiger charge is 2.18. The highest BCUT2D eigenvalue weighted by molar-refractivity contribution is 6.29. The van der Waals surface area contributed by atoms with Gasteiger partial charge in [-0.1, -0.05) is 24.3 Å². The van der Waals surface area contributed by atoms with Gasteiger partial charge < -0.3 is 9.30 Å². The number of imidazole rings is 1. The number of aryl methyl sites for hydroxylation is 1. The largest absolute Gasteiger partial charge is 0.489 e. The highest BCUT2D eigenvalue weighted by atomic mass is 35.5. The predicted octanol–water partition coefficient (Wildman–Crippen LogP) is 2.85. The number of halogens is 2. The van der Waals surface area contributed by atoms with E-state index in [-0.39, 0.29) is 22.3 Å². The summed E-state index contributed by atoms with van der Waals surface area (Å²) in [4.78, 5) is 28.9. The molecule has 0 fully saturated rings. The van der Waals surface area contributed by atoms with Gasteiger partial charge in [-0.3, -0.25) is 13.9 Å². The van der Waals surface area contributed by atoms with Crippen LogP contribution in [0.15, 0.2) is 58.1 Å². The monoisotopic (exact) mass is 428 g/mol. The smallest absolute Gasteiger partial charge is 0.332 e. The van der Waals surface area contributed by atoms with Gasteiger partial charge in [0.05, 0.1) is 6.54 Å². The van der Waals surface area contributed by atoms with Crippen LogP contribution in [0.3, 0.4) is 0 Å². The van der Waals surface area contributed by atoms with Gasteiger partial charge >= 0.3 is 5.69 Å². The molecule has 4 aromatic rings. The van der Waals surface area contributed by atoms with Crippen molar-refractivity contribution in [3.8, 4) is 5.75 Å². The molecule has 0 saturated carbocycles. The van der Waals surface area contributed by atoms with Crippen LogP contribution in [0.2, 0.25) is 5.28 Å². The van der Waals surface area contributed by atoms with Crippen LogP contribution in [0.5, 0.6) is 5.75 Å². The van der Waals surface area contributed by atoms with Crippen LogP contribution >= 0.6 is 11.6 Å². The fourth-order valence-corrected chi connectivity index (χ4v) is 3.41. The third-order valence-electron chi connectivity index (χ3n) is 4.88. The summed E-state index contributed by atoms with van der Waals surface area (Å²) in [5.74, 6) is 0.367. The van der Waals surface area contributed by atoms with E-state index in [0.717, 1.165) is 15.7 Å².